The number of nitrogens with one attached hydrogen (secondary N) is 1. The highest BCUT2D eigenvalue weighted by atomic mass is 79.9. The number of aromatic carboxylic acids is 1. The molecule has 0 aromatic heterocycles. The lowest BCUT2D eigenvalue weighted by Gasteiger charge is -2.16. The summed E-state index contributed by atoms with van der Waals surface area (Å²) >= 11 is 3.22. The van der Waals surface area contributed by atoms with Crippen molar-refractivity contribution in [2.45, 2.75) is 44.0 Å². The van der Waals surface area contributed by atoms with Gasteiger partial charge in [0.05, 0.1) is 10.5 Å². The van der Waals surface area contributed by atoms with Crippen LogP contribution in [-0.2, 0) is 10.0 Å². The Bertz CT molecular complexity index is 668. The van der Waals surface area contributed by atoms with Crippen molar-refractivity contribution in [3.05, 3.63) is 27.7 Å². The minimum atomic E-state index is -3.73. The highest BCUT2D eigenvalue weighted by Crippen LogP contribution is 2.34. The molecule has 1 fully saturated rings. The van der Waals surface area contributed by atoms with Gasteiger partial charge < -0.3 is 5.11 Å². The summed E-state index contributed by atoms with van der Waals surface area (Å²) in [7, 11) is -3.73. The van der Waals surface area contributed by atoms with Crippen LogP contribution in [0.4, 0.5) is 0 Å². The van der Waals surface area contributed by atoms with E-state index in [0.29, 0.717) is 16.0 Å². The fraction of sp³-hybridized carbons (Fsp3) is 0.500. The molecule has 1 aromatic rings. The van der Waals surface area contributed by atoms with Crippen molar-refractivity contribution in [1.29, 1.82) is 0 Å². The lowest BCUT2D eigenvalue weighted by molar-refractivity contribution is 0.0696. The zero-order valence-electron chi connectivity index (χ0n) is 11.9. The first-order valence-corrected chi connectivity index (χ1v) is 9.04. The number of sulfonamides is 1. The van der Waals surface area contributed by atoms with Crippen molar-refractivity contribution in [3.8, 4) is 0 Å². The third kappa shape index (κ3) is 4.05. The van der Waals surface area contributed by atoms with Crippen LogP contribution in [0.3, 0.4) is 0 Å². The standard InChI is InChI=1S/C14H18BrNO4S/c1-8(5-10-3-4-10)16-21(19,20)13-7-11(14(17)18)6-12(15)9(13)2/h6-8,10,16H,3-5H2,1-2H3,(H,17,18). The fourth-order valence-electron chi connectivity index (χ4n) is 2.29. The van der Waals surface area contributed by atoms with Gasteiger partial charge in [-0.15, -0.1) is 0 Å². The molecular weight excluding hydrogens is 358 g/mol. The van der Waals surface area contributed by atoms with Gasteiger partial charge in [-0.2, -0.15) is 0 Å². The molecule has 1 aliphatic carbocycles. The maximum atomic E-state index is 12.5. The molecule has 0 bridgehead atoms. The van der Waals surface area contributed by atoms with E-state index in [1.54, 1.807) is 6.92 Å². The van der Waals surface area contributed by atoms with Crippen LogP contribution < -0.4 is 4.72 Å². The predicted octanol–water partition coefficient (Wildman–Crippen LogP) is 2.92. The van der Waals surface area contributed by atoms with Crippen LogP contribution in [0, 0.1) is 12.8 Å². The summed E-state index contributed by atoms with van der Waals surface area (Å²) in [5, 5.41) is 9.06. The van der Waals surface area contributed by atoms with E-state index in [1.807, 2.05) is 6.92 Å². The Kier molecular flexibility index (Phi) is 4.75. The van der Waals surface area contributed by atoms with Crippen molar-refractivity contribution in [1.82, 2.24) is 4.72 Å². The summed E-state index contributed by atoms with van der Waals surface area (Å²) in [5.41, 5.74) is 0.453. The third-order valence-corrected chi connectivity index (χ3v) is 6.11. The van der Waals surface area contributed by atoms with Gasteiger partial charge in [-0.25, -0.2) is 17.9 Å². The molecule has 0 amide bonds. The van der Waals surface area contributed by atoms with Crippen LogP contribution >= 0.6 is 15.9 Å². The van der Waals surface area contributed by atoms with Crippen LogP contribution in [0.25, 0.3) is 0 Å². The molecule has 0 aliphatic heterocycles. The molecule has 1 aromatic carbocycles. The Morgan fingerprint density at radius 1 is 1.48 bits per heavy atom. The number of carboxylic acids is 1. The van der Waals surface area contributed by atoms with Crippen molar-refractivity contribution in [2.75, 3.05) is 0 Å². The number of hydrogen-bond donors (Lipinski definition) is 2. The van der Waals surface area contributed by atoms with E-state index in [9.17, 15) is 13.2 Å². The largest absolute Gasteiger partial charge is 0.478 e. The van der Waals surface area contributed by atoms with E-state index in [-0.39, 0.29) is 16.5 Å². The topological polar surface area (TPSA) is 83.5 Å². The fourth-order valence-corrected chi connectivity index (χ4v) is 4.43. The van der Waals surface area contributed by atoms with Gasteiger partial charge in [0.1, 0.15) is 0 Å². The molecule has 0 radical (unpaired) electrons. The van der Waals surface area contributed by atoms with Gasteiger partial charge in [0.15, 0.2) is 0 Å². The lowest BCUT2D eigenvalue weighted by atomic mass is 10.1. The molecule has 1 aliphatic rings. The number of benzene rings is 1. The van der Waals surface area contributed by atoms with Crippen molar-refractivity contribution < 1.29 is 18.3 Å². The van der Waals surface area contributed by atoms with Gasteiger partial charge in [0.2, 0.25) is 10.0 Å². The molecule has 0 spiro atoms. The van der Waals surface area contributed by atoms with Gasteiger partial charge in [0.25, 0.3) is 0 Å². The van der Waals surface area contributed by atoms with Crippen molar-refractivity contribution in [2.24, 2.45) is 5.92 Å². The van der Waals surface area contributed by atoms with Crippen LogP contribution in [0.2, 0.25) is 0 Å². The molecular formula is C14H18BrNO4S. The highest BCUT2D eigenvalue weighted by molar-refractivity contribution is 9.10. The molecule has 1 saturated carbocycles. The van der Waals surface area contributed by atoms with Crippen LogP contribution in [-0.4, -0.2) is 25.5 Å². The molecule has 0 saturated heterocycles. The Morgan fingerprint density at radius 3 is 2.62 bits per heavy atom. The predicted molar refractivity (Wildman–Crippen MR) is 83.0 cm³/mol. The number of halogens is 1. The first-order valence-electron chi connectivity index (χ1n) is 6.76. The van der Waals surface area contributed by atoms with E-state index in [4.69, 9.17) is 5.11 Å². The molecule has 116 valence electrons. The summed E-state index contributed by atoms with van der Waals surface area (Å²) in [6, 6.07) is 2.45. The summed E-state index contributed by atoms with van der Waals surface area (Å²) in [6.45, 7) is 3.48. The molecule has 0 heterocycles. The number of carbonyl (C=O) groups is 1. The quantitative estimate of drug-likeness (QED) is 0.800. The van der Waals surface area contributed by atoms with Gasteiger partial charge in [0, 0.05) is 10.5 Å². The summed E-state index contributed by atoms with van der Waals surface area (Å²) < 4.78 is 28.0. The summed E-state index contributed by atoms with van der Waals surface area (Å²) in [6.07, 6.45) is 3.13. The lowest BCUT2D eigenvalue weighted by Crippen LogP contribution is -2.33. The highest BCUT2D eigenvalue weighted by Gasteiger charge is 2.27. The number of rotatable bonds is 6. The second-order valence-electron chi connectivity index (χ2n) is 5.59. The smallest absolute Gasteiger partial charge is 0.335 e. The van der Waals surface area contributed by atoms with Gasteiger partial charge in [-0.05, 0) is 43.9 Å². The van der Waals surface area contributed by atoms with Crippen LogP contribution in [0.5, 0.6) is 0 Å². The molecule has 21 heavy (non-hydrogen) atoms. The third-order valence-electron chi connectivity index (χ3n) is 3.57. The summed E-state index contributed by atoms with van der Waals surface area (Å²) in [5.74, 6) is -0.543. The summed E-state index contributed by atoms with van der Waals surface area (Å²) in [4.78, 5) is 11.1. The Labute approximate surface area is 132 Å². The van der Waals surface area contributed by atoms with E-state index < -0.39 is 16.0 Å². The monoisotopic (exact) mass is 375 g/mol. The van der Waals surface area contributed by atoms with E-state index >= 15 is 0 Å². The minimum Gasteiger partial charge on any atom is -0.478 e. The zero-order valence-corrected chi connectivity index (χ0v) is 14.3. The SMILES string of the molecule is Cc1c(Br)cc(C(=O)O)cc1S(=O)(=O)NC(C)CC1CC1. The maximum Gasteiger partial charge on any atom is 0.335 e. The van der Waals surface area contributed by atoms with Gasteiger partial charge in [-0.1, -0.05) is 28.8 Å². The zero-order chi connectivity index (χ0) is 15.8. The average molecular weight is 376 g/mol. The second-order valence-corrected chi connectivity index (χ2v) is 8.12. The molecule has 1 unspecified atom stereocenters. The number of hydrogen-bond acceptors (Lipinski definition) is 3. The molecule has 2 rings (SSSR count). The van der Waals surface area contributed by atoms with Crippen LogP contribution in [0.15, 0.2) is 21.5 Å². The van der Waals surface area contributed by atoms with Crippen LogP contribution in [0.1, 0.15) is 42.1 Å². The van der Waals surface area contributed by atoms with Gasteiger partial charge >= 0.3 is 5.97 Å². The maximum absolute atomic E-state index is 12.5. The Morgan fingerprint density at radius 2 is 2.10 bits per heavy atom. The minimum absolute atomic E-state index is 0.0110. The molecule has 1 atom stereocenters. The number of carboxylic acid groups (broad SMARTS) is 1. The second kappa shape index (κ2) is 6.06. The first kappa shape index (κ1) is 16.5. The average Bonchev–Trinajstić information content (AvgIpc) is 3.14. The van der Waals surface area contributed by atoms with E-state index in [0.717, 1.165) is 19.3 Å². The molecule has 7 heteroatoms. The Hall–Kier alpha value is -0.920. The van der Waals surface area contributed by atoms with Gasteiger partial charge in [-0.3, -0.25) is 0 Å². The van der Waals surface area contributed by atoms with E-state index in [1.165, 1.54) is 12.1 Å². The van der Waals surface area contributed by atoms with Crippen molar-refractivity contribution >= 4 is 31.9 Å². The first-order chi connectivity index (χ1) is 9.70. The van der Waals surface area contributed by atoms with Crippen molar-refractivity contribution in [3.63, 3.8) is 0 Å². The normalized spacial score (nSPS) is 16.7. The molecule has 5 nitrogen and oxygen atoms in total. The molecule has 2 N–H and O–H groups in total. The van der Waals surface area contributed by atoms with E-state index in [2.05, 4.69) is 20.7 Å². The Balaban J connectivity index is 2.31.